The van der Waals surface area contributed by atoms with Crippen molar-refractivity contribution in [3.8, 4) is 0 Å². The average Bonchev–Trinajstić information content (AvgIpc) is 2.38. The van der Waals surface area contributed by atoms with Gasteiger partial charge >= 0.3 is 0 Å². The van der Waals surface area contributed by atoms with E-state index in [4.69, 9.17) is 0 Å². The van der Waals surface area contributed by atoms with E-state index in [0.717, 1.165) is 22.8 Å². The first kappa shape index (κ1) is 15.0. The molecule has 0 saturated heterocycles. The first-order valence-corrected chi connectivity index (χ1v) is 8.27. The Labute approximate surface area is 121 Å². The van der Waals surface area contributed by atoms with Gasteiger partial charge in [0, 0.05) is 10.9 Å². The zero-order valence-corrected chi connectivity index (χ0v) is 13.2. The molecule has 0 unspecified atom stereocenters. The van der Waals surface area contributed by atoms with Crippen LogP contribution >= 0.6 is 0 Å². The summed E-state index contributed by atoms with van der Waals surface area (Å²) in [6.07, 6.45) is 0.732. The summed E-state index contributed by atoms with van der Waals surface area (Å²) >= 11 is 0. The average molecular weight is 291 g/mol. The molecule has 3 nitrogen and oxygen atoms in total. The predicted molar refractivity (Wildman–Crippen MR) is 83.4 cm³/mol. The molecule has 0 aliphatic heterocycles. The second kappa shape index (κ2) is 5.19. The molecule has 0 saturated carbocycles. The van der Waals surface area contributed by atoms with Gasteiger partial charge in [0.25, 0.3) is 0 Å². The predicted octanol–water partition coefficient (Wildman–Crippen LogP) is 3.62. The monoisotopic (exact) mass is 291 g/mol. The molecule has 0 spiro atoms. The largest absolute Gasteiger partial charge is 0.241 e. The molecule has 0 aromatic heterocycles. The fourth-order valence-electron chi connectivity index (χ4n) is 2.15. The number of rotatable bonds is 4. The Morgan fingerprint density at radius 3 is 2.25 bits per heavy atom. The van der Waals surface area contributed by atoms with E-state index >= 15 is 0 Å². The molecule has 20 heavy (non-hydrogen) atoms. The Bertz CT molecular complexity index is 733. The third-order valence-corrected chi connectivity index (χ3v) is 5.44. The van der Waals surface area contributed by atoms with Crippen molar-refractivity contribution in [3.63, 3.8) is 0 Å². The molecule has 0 amide bonds. The molecule has 108 valence electrons. The molecule has 0 fully saturated rings. The van der Waals surface area contributed by atoms with Crippen LogP contribution in [-0.2, 0) is 10.0 Å². The first-order valence-electron chi connectivity index (χ1n) is 6.79. The van der Waals surface area contributed by atoms with Crippen molar-refractivity contribution in [2.24, 2.45) is 0 Å². The van der Waals surface area contributed by atoms with Crippen LogP contribution < -0.4 is 4.72 Å². The highest BCUT2D eigenvalue weighted by atomic mass is 32.2. The van der Waals surface area contributed by atoms with E-state index in [-0.39, 0.29) is 0 Å². The van der Waals surface area contributed by atoms with E-state index in [1.165, 1.54) is 0 Å². The van der Waals surface area contributed by atoms with Gasteiger partial charge in [-0.05, 0) is 44.2 Å². The molecule has 0 aliphatic rings. The van der Waals surface area contributed by atoms with Gasteiger partial charge in [0.2, 0.25) is 10.0 Å². The minimum atomic E-state index is -3.52. The molecule has 0 heterocycles. The van der Waals surface area contributed by atoms with Gasteiger partial charge in [0.1, 0.15) is 0 Å². The molecule has 2 aromatic rings. The van der Waals surface area contributed by atoms with E-state index in [0.29, 0.717) is 4.90 Å². The zero-order chi connectivity index (χ0) is 15.0. The van der Waals surface area contributed by atoms with Crippen LogP contribution in [0.25, 0.3) is 10.8 Å². The van der Waals surface area contributed by atoms with Crippen LogP contribution in [0.4, 0.5) is 0 Å². The maximum Gasteiger partial charge on any atom is 0.241 e. The van der Waals surface area contributed by atoms with E-state index in [2.05, 4.69) is 4.72 Å². The van der Waals surface area contributed by atoms with E-state index in [9.17, 15) is 8.42 Å². The van der Waals surface area contributed by atoms with Gasteiger partial charge in [0.15, 0.2) is 0 Å². The Hall–Kier alpha value is -1.39. The summed E-state index contributed by atoms with van der Waals surface area (Å²) in [5.41, 5.74) is 0.625. The van der Waals surface area contributed by atoms with Gasteiger partial charge in [-0.3, -0.25) is 0 Å². The van der Waals surface area contributed by atoms with E-state index in [1.807, 2.05) is 58.0 Å². The molecule has 0 atom stereocenters. The lowest BCUT2D eigenvalue weighted by Gasteiger charge is -2.24. The summed E-state index contributed by atoms with van der Waals surface area (Å²) in [5.74, 6) is 0. The van der Waals surface area contributed by atoms with Crippen LogP contribution in [0.5, 0.6) is 0 Å². The molecule has 4 heteroatoms. The van der Waals surface area contributed by atoms with Gasteiger partial charge in [0.05, 0.1) is 4.90 Å². The van der Waals surface area contributed by atoms with Gasteiger partial charge in [-0.15, -0.1) is 0 Å². The van der Waals surface area contributed by atoms with E-state index < -0.39 is 15.6 Å². The minimum Gasteiger partial charge on any atom is -0.207 e. The highest BCUT2D eigenvalue weighted by Crippen LogP contribution is 2.26. The summed E-state index contributed by atoms with van der Waals surface area (Å²) < 4.78 is 28.0. The summed E-state index contributed by atoms with van der Waals surface area (Å²) in [7, 11) is -3.52. The van der Waals surface area contributed by atoms with Gasteiger partial charge in [-0.25, -0.2) is 13.1 Å². The first-order chi connectivity index (χ1) is 9.27. The summed E-state index contributed by atoms with van der Waals surface area (Å²) in [6.45, 7) is 7.74. The van der Waals surface area contributed by atoms with Crippen molar-refractivity contribution in [3.05, 3.63) is 42.0 Å². The molecule has 1 N–H and O–H groups in total. The van der Waals surface area contributed by atoms with Crippen molar-refractivity contribution in [1.29, 1.82) is 0 Å². The van der Waals surface area contributed by atoms with Crippen LogP contribution in [0, 0.1) is 6.92 Å². The molecule has 0 radical (unpaired) electrons. The lowest BCUT2D eigenvalue weighted by atomic mass is 10.0. The number of fused-ring (bicyclic) bond motifs is 1. The smallest absolute Gasteiger partial charge is 0.207 e. The van der Waals surface area contributed by atoms with Crippen molar-refractivity contribution < 1.29 is 8.42 Å². The Balaban J connectivity index is 2.61. The van der Waals surface area contributed by atoms with E-state index in [1.54, 1.807) is 6.07 Å². The maximum atomic E-state index is 12.6. The highest BCUT2D eigenvalue weighted by molar-refractivity contribution is 7.89. The summed E-state index contributed by atoms with van der Waals surface area (Å²) in [6, 6.07) is 11.1. The topological polar surface area (TPSA) is 46.2 Å². The normalized spacial score (nSPS) is 12.8. The molecule has 0 bridgehead atoms. The fourth-order valence-corrected chi connectivity index (χ4v) is 3.84. The second-order valence-electron chi connectivity index (χ2n) is 5.77. The van der Waals surface area contributed by atoms with Crippen LogP contribution in [0.15, 0.2) is 41.3 Å². The third-order valence-electron chi connectivity index (χ3n) is 3.69. The Kier molecular flexibility index (Phi) is 3.89. The number of hydrogen-bond donors (Lipinski definition) is 1. The summed E-state index contributed by atoms with van der Waals surface area (Å²) in [4.78, 5) is 0.347. The number of sulfonamides is 1. The van der Waals surface area contributed by atoms with Crippen LogP contribution in [0.1, 0.15) is 32.8 Å². The third kappa shape index (κ3) is 2.86. The molecule has 2 aromatic carbocycles. The van der Waals surface area contributed by atoms with Crippen LogP contribution in [-0.4, -0.2) is 14.0 Å². The maximum absolute atomic E-state index is 12.6. The summed E-state index contributed by atoms with van der Waals surface area (Å²) in [5, 5.41) is 1.75. The van der Waals surface area contributed by atoms with Gasteiger partial charge < -0.3 is 0 Å². The van der Waals surface area contributed by atoms with Crippen LogP contribution in [0.2, 0.25) is 0 Å². The molecular weight excluding hydrogens is 270 g/mol. The van der Waals surface area contributed by atoms with Crippen molar-refractivity contribution in [2.75, 3.05) is 0 Å². The standard InChI is InChI=1S/C16H21NO2S/c1-5-16(3,4)17-20(18,19)15-11-10-12(2)13-8-6-7-9-14(13)15/h6-11,17H,5H2,1-4H3. The fraction of sp³-hybridized carbons (Fsp3) is 0.375. The number of benzene rings is 2. The zero-order valence-electron chi connectivity index (χ0n) is 12.4. The highest BCUT2D eigenvalue weighted by Gasteiger charge is 2.26. The van der Waals surface area contributed by atoms with Crippen LogP contribution in [0.3, 0.4) is 0 Å². The van der Waals surface area contributed by atoms with Crippen molar-refractivity contribution in [1.82, 2.24) is 4.72 Å². The lowest BCUT2D eigenvalue weighted by molar-refractivity contribution is 0.440. The number of hydrogen-bond acceptors (Lipinski definition) is 2. The number of nitrogens with one attached hydrogen (secondary N) is 1. The Morgan fingerprint density at radius 2 is 1.65 bits per heavy atom. The minimum absolute atomic E-state index is 0.347. The van der Waals surface area contributed by atoms with Gasteiger partial charge in [-0.2, -0.15) is 0 Å². The quantitative estimate of drug-likeness (QED) is 0.935. The molecule has 2 rings (SSSR count). The number of aryl methyl sites for hydroxylation is 1. The molecular formula is C16H21NO2S. The van der Waals surface area contributed by atoms with Crippen molar-refractivity contribution in [2.45, 2.75) is 44.6 Å². The van der Waals surface area contributed by atoms with Gasteiger partial charge in [-0.1, -0.05) is 37.3 Å². The van der Waals surface area contributed by atoms with Crippen molar-refractivity contribution >= 4 is 20.8 Å². The SMILES string of the molecule is CCC(C)(C)NS(=O)(=O)c1ccc(C)c2ccccc12. The Morgan fingerprint density at radius 1 is 1.05 bits per heavy atom. The lowest BCUT2D eigenvalue weighted by Crippen LogP contribution is -2.42. The molecule has 0 aliphatic carbocycles. The second-order valence-corrected chi connectivity index (χ2v) is 7.42.